The van der Waals surface area contributed by atoms with Crippen molar-refractivity contribution in [3.8, 4) is 0 Å². The molecule has 0 spiro atoms. The lowest BCUT2D eigenvalue weighted by molar-refractivity contribution is -0.138. The quantitative estimate of drug-likeness (QED) is 0.835. The van der Waals surface area contributed by atoms with Crippen LogP contribution in [-0.2, 0) is 16.1 Å². The molecule has 0 saturated carbocycles. The lowest BCUT2D eigenvalue weighted by Crippen LogP contribution is -2.45. The minimum absolute atomic E-state index is 0.000623. The fourth-order valence-electron chi connectivity index (χ4n) is 2.14. The number of nitrogens with one attached hydrogen (secondary N) is 1. The van der Waals surface area contributed by atoms with Crippen LogP contribution >= 0.6 is 11.3 Å². The Balaban J connectivity index is 2.05. The van der Waals surface area contributed by atoms with Gasteiger partial charge in [-0.05, 0) is 32.9 Å². The second-order valence-electron chi connectivity index (χ2n) is 5.27. The van der Waals surface area contributed by atoms with Gasteiger partial charge >= 0.3 is 6.03 Å². The molecule has 1 aromatic heterocycles. The van der Waals surface area contributed by atoms with E-state index in [1.54, 1.807) is 16.2 Å². The predicted octanol–water partition coefficient (Wildman–Crippen LogP) is 1.35. The van der Waals surface area contributed by atoms with Crippen LogP contribution in [-0.4, -0.2) is 46.8 Å². The van der Waals surface area contributed by atoms with Crippen LogP contribution in [0.25, 0.3) is 0 Å². The van der Waals surface area contributed by atoms with Gasteiger partial charge in [0.05, 0.1) is 13.1 Å². The van der Waals surface area contributed by atoms with Crippen LogP contribution < -0.4 is 5.32 Å². The monoisotopic (exact) mass is 309 g/mol. The van der Waals surface area contributed by atoms with Gasteiger partial charge in [-0.2, -0.15) is 0 Å². The maximum absolute atomic E-state index is 12.4. The SMILES string of the molecule is Cc1ccc(CN(C(=O)CN2C(=O)CNC2=O)C(C)C)s1. The van der Waals surface area contributed by atoms with Crippen molar-refractivity contribution < 1.29 is 14.4 Å². The fraction of sp³-hybridized carbons (Fsp3) is 0.500. The number of rotatable bonds is 5. The Hall–Kier alpha value is -1.89. The van der Waals surface area contributed by atoms with E-state index in [0.29, 0.717) is 6.54 Å². The van der Waals surface area contributed by atoms with Gasteiger partial charge in [0.1, 0.15) is 6.54 Å². The van der Waals surface area contributed by atoms with Gasteiger partial charge in [0.15, 0.2) is 0 Å². The van der Waals surface area contributed by atoms with Crippen molar-refractivity contribution in [2.45, 2.75) is 33.4 Å². The zero-order chi connectivity index (χ0) is 15.6. The molecule has 0 bridgehead atoms. The number of thiophene rings is 1. The van der Waals surface area contributed by atoms with Gasteiger partial charge in [-0.1, -0.05) is 0 Å². The van der Waals surface area contributed by atoms with Crippen LogP contribution in [0.3, 0.4) is 0 Å². The largest absolute Gasteiger partial charge is 0.334 e. The molecule has 1 N–H and O–H groups in total. The first kappa shape index (κ1) is 15.5. The minimum atomic E-state index is -0.496. The Morgan fingerprint density at radius 1 is 1.43 bits per heavy atom. The Morgan fingerprint density at radius 3 is 2.62 bits per heavy atom. The summed E-state index contributed by atoms with van der Waals surface area (Å²) in [7, 11) is 0. The first-order valence-electron chi connectivity index (χ1n) is 6.81. The molecular formula is C14H19N3O3S. The van der Waals surface area contributed by atoms with Gasteiger partial charge in [0.2, 0.25) is 5.91 Å². The van der Waals surface area contributed by atoms with E-state index in [4.69, 9.17) is 0 Å². The smallest absolute Gasteiger partial charge is 0.325 e. The second kappa shape index (κ2) is 6.26. The lowest BCUT2D eigenvalue weighted by atomic mass is 10.2. The van der Waals surface area contributed by atoms with Gasteiger partial charge < -0.3 is 10.2 Å². The highest BCUT2D eigenvalue weighted by atomic mass is 32.1. The molecular weight excluding hydrogens is 290 g/mol. The molecule has 21 heavy (non-hydrogen) atoms. The number of carbonyl (C=O) groups excluding carboxylic acids is 3. The predicted molar refractivity (Wildman–Crippen MR) is 79.9 cm³/mol. The average molecular weight is 309 g/mol. The number of hydrogen-bond donors (Lipinski definition) is 1. The van der Waals surface area contributed by atoms with Gasteiger partial charge in [-0.3, -0.25) is 14.5 Å². The molecule has 2 heterocycles. The first-order valence-corrected chi connectivity index (χ1v) is 7.63. The van der Waals surface area contributed by atoms with Crippen molar-refractivity contribution in [1.29, 1.82) is 0 Å². The Labute approximate surface area is 127 Å². The molecule has 0 aliphatic carbocycles. The molecule has 0 unspecified atom stereocenters. The molecule has 1 fully saturated rings. The molecule has 0 radical (unpaired) electrons. The van der Waals surface area contributed by atoms with Crippen molar-refractivity contribution in [3.63, 3.8) is 0 Å². The van der Waals surface area contributed by atoms with Gasteiger partial charge in [-0.15, -0.1) is 11.3 Å². The van der Waals surface area contributed by atoms with Crippen molar-refractivity contribution in [1.82, 2.24) is 15.1 Å². The van der Waals surface area contributed by atoms with E-state index in [0.717, 1.165) is 9.78 Å². The van der Waals surface area contributed by atoms with Crippen molar-refractivity contribution in [2.75, 3.05) is 13.1 Å². The number of carbonyl (C=O) groups is 3. The van der Waals surface area contributed by atoms with E-state index < -0.39 is 6.03 Å². The summed E-state index contributed by atoms with van der Waals surface area (Å²) in [6.45, 7) is 6.13. The zero-order valence-electron chi connectivity index (χ0n) is 12.4. The Kier molecular flexibility index (Phi) is 4.62. The molecule has 114 valence electrons. The van der Waals surface area contributed by atoms with Gasteiger partial charge in [0, 0.05) is 15.8 Å². The third-order valence-corrected chi connectivity index (χ3v) is 4.28. The Morgan fingerprint density at radius 2 is 2.14 bits per heavy atom. The molecule has 0 atom stereocenters. The second-order valence-corrected chi connectivity index (χ2v) is 6.64. The number of nitrogens with zero attached hydrogens (tertiary/aromatic N) is 2. The topological polar surface area (TPSA) is 69.7 Å². The van der Waals surface area contributed by atoms with E-state index >= 15 is 0 Å². The molecule has 1 aliphatic heterocycles. The molecule has 7 heteroatoms. The highest BCUT2D eigenvalue weighted by Gasteiger charge is 2.32. The zero-order valence-corrected chi connectivity index (χ0v) is 13.2. The van der Waals surface area contributed by atoms with Crippen molar-refractivity contribution in [3.05, 3.63) is 21.9 Å². The van der Waals surface area contributed by atoms with E-state index in [-0.39, 0.29) is 30.9 Å². The molecule has 2 rings (SSSR count). The summed E-state index contributed by atoms with van der Waals surface area (Å²) in [6.07, 6.45) is 0. The van der Waals surface area contributed by atoms with Gasteiger partial charge in [-0.25, -0.2) is 4.79 Å². The van der Waals surface area contributed by atoms with Crippen molar-refractivity contribution in [2.24, 2.45) is 0 Å². The van der Waals surface area contributed by atoms with E-state index in [1.165, 1.54) is 4.88 Å². The number of hydrogen-bond acceptors (Lipinski definition) is 4. The molecule has 6 nitrogen and oxygen atoms in total. The number of amides is 4. The normalized spacial score (nSPS) is 14.8. The summed E-state index contributed by atoms with van der Waals surface area (Å²) in [6, 6.07) is 3.52. The maximum atomic E-state index is 12.4. The molecule has 1 saturated heterocycles. The van der Waals surface area contributed by atoms with Crippen LogP contribution in [0.1, 0.15) is 23.6 Å². The highest BCUT2D eigenvalue weighted by Crippen LogP contribution is 2.18. The van der Waals surface area contributed by atoms with E-state index in [9.17, 15) is 14.4 Å². The van der Waals surface area contributed by atoms with E-state index in [2.05, 4.69) is 5.32 Å². The number of imide groups is 1. The first-order chi connectivity index (χ1) is 9.88. The standard InChI is InChI=1S/C14H19N3O3S/c1-9(2)16(7-11-5-4-10(3)21-11)13(19)8-17-12(18)6-15-14(17)20/h4-5,9H,6-8H2,1-3H3,(H,15,20). The van der Waals surface area contributed by atoms with Crippen LogP contribution in [0.4, 0.5) is 4.79 Å². The maximum Gasteiger partial charge on any atom is 0.325 e. The van der Waals surface area contributed by atoms with Crippen LogP contribution in [0.15, 0.2) is 12.1 Å². The summed E-state index contributed by atoms with van der Waals surface area (Å²) < 4.78 is 0. The van der Waals surface area contributed by atoms with E-state index in [1.807, 2.05) is 32.9 Å². The Bertz CT molecular complexity index is 552. The summed E-state index contributed by atoms with van der Waals surface area (Å²) in [4.78, 5) is 40.4. The average Bonchev–Trinajstić information content (AvgIpc) is 2.96. The third kappa shape index (κ3) is 3.60. The molecule has 4 amide bonds. The summed E-state index contributed by atoms with van der Waals surface area (Å²) in [5.41, 5.74) is 0. The highest BCUT2D eigenvalue weighted by molar-refractivity contribution is 7.11. The third-order valence-electron chi connectivity index (χ3n) is 3.30. The van der Waals surface area contributed by atoms with Crippen LogP contribution in [0, 0.1) is 6.92 Å². The van der Waals surface area contributed by atoms with Crippen LogP contribution in [0.2, 0.25) is 0 Å². The number of urea groups is 1. The fourth-order valence-corrected chi connectivity index (χ4v) is 3.03. The lowest BCUT2D eigenvalue weighted by Gasteiger charge is -2.27. The van der Waals surface area contributed by atoms with Crippen molar-refractivity contribution >= 4 is 29.2 Å². The van der Waals surface area contributed by atoms with Gasteiger partial charge in [0.25, 0.3) is 5.91 Å². The van der Waals surface area contributed by atoms with Crippen LogP contribution in [0.5, 0.6) is 0 Å². The summed E-state index contributed by atoms with van der Waals surface area (Å²) in [5, 5.41) is 2.41. The minimum Gasteiger partial charge on any atom is -0.334 e. The molecule has 1 aromatic rings. The summed E-state index contributed by atoms with van der Waals surface area (Å²) in [5.74, 6) is -0.578. The molecule has 1 aliphatic rings. The number of aryl methyl sites for hydroxylation is 1. The molecule has 0 aromatic carbocycles. The summed E-state index contributed by atoms with van der Waals surface area (Å²) >= 11 is 1.64.